The van der Waals surface area contributed by atoms with Gasteiger partial charge in [-0.25, -0.2) is 5.48 Å². The molecule has 1 aliphatic rings. The third-order valence-corrected chi connectivity index (χ3v) is 2.74. The van der Waals surface area contributed by atoms with E-state index in [1.54, 1.807) is 0 Å². The Balaban J connectivity index is 1.96. The zero-order chi connectivity index (χ0) is 11.8. The minimum Gasteiger partial charge on any atom is -0.301 e. The lowest BCUT2D eigenvalue weighted by molar-refractivity contribution is -0.134. The van der Waals surface area contributed by atoms with Crippen LogP contribution in [0.4, 0.5) is 0 Å². The van der Waals surface area contributed by atoms with Gasteiger partial charge in [-0.05, 0) is 31.8 Å². The van der Waals surface area contributed by atoms with Gasteiger partial charge in [0.15, 0.2) is 0 Å². The quantitative estimate of drug-likeness (QED) is 0.554. The lowest BCUT2D eigenvalue weighted by Gasteiger charge is -2.25. The first-order valence-corrected chi connectivity index (χ1v) is 6.31. The molecule has 94 valence electrons. The number of likely N-dealkylation sites (tertiary alicyclic amines) is 1. The van der Waals surface area contributed by atoms with Crippen LogP contribution < -0.4 is 5.48 Å². The molecule has 0 saturated carbocycles. The molecule has 0 unspecified atom stereocenters. The summed E-state index contributed by atoms with van der Waals surface area (Å²) in [7, 11) is 0. The molecule has 0 aliphatic carbocycles. The molecular weight excluding hydrogens is 204 g/mol. The zero-order valence-electron chi connectivity index (χ0n) is 10.5. The highest BCUT2D eigenvalue weighted by Gasteiger charge is 2.09. The molecule has 1 amide bonds. The van der Waals surface area contributed by atoms with Crippen molar-refractivity contribution in [2.24, 2.45) is 5.92 Å². The zero-order valence-corrected chi connectivity index (χ0v) is 10.5. The Kier molecular flexibility index (Phi) is 6.42. The molecule has 1 saturated heterocycles. The van der Waals surface area contributed by atoms with Gasteiger partial charge in [-0.2, -0.15) is 0 Å². The van der Waals surface area contributed by atoms with Crippen molar-refractivity contribution in [3.8, 4) is 0 Å². The van der Waals surface area contributed by atoms with Crippen molar-refractivity contribution in [1.82, 2.24) is 10.4 Å². The summed E-state index contributed by atoms with van der Waals surface area (Å²) in [6, 6.07) is 0. The summed E-state index contributed by atoms with van der Waals surface area (Å²) in [6.45, 7) is 7.89. The van der Waals surface area contributed by atoms with E-state index in [-0.39, 0.29) is 5.91 Å². The minimum atomic E-state index is -0.0198. The highest BCUT2D eigenvalue weighted by atomic mass is 16.6. The smallest absolute Gasteiger partial charge is 0.243 e. The third-order valence-electron chi connectivity index (χ3n) is 2.74. The van der Waals surface area contributed by atoms with Crippen LogP contribution in [0.15, 0.2) is 0 Å². The fourth-order valence-electron chi connectivity index (χ4n) is 1.90. The van der Waals surface area contributed by atoms with Crippen molar-refractivity contribution < 1.29 is 9.63 Å². The monoisotopic (exact) mass is 228 g/mol. The lowest BCUT2D eigenvalue weighted by Crippen LogP contribution is -2.35. The summed E-state index contributed by atoms with van der Waals surface area (Å²) in [5.41, 5.74) is 2.49. The summed E-state index contributed by atoms with van der Waals surface area (Å²) >= 11 is 0. The number of carbonyl (C=O) groups is 1. The van der Waals surface area contributed by atoms with Crippen molar-refractivity contribution in [1.29, 1.82) is 0 Å². The number of carbonyl (C=O) groups excluding carboxylic acids is 1. The maximum Gasteiger partial charge on any atom is 0.243 e. The molecule has 0 radical (unpaired) electrons. The van der Waals surface area contributed by atoms with Crippen molar-refractivity contribution in [2.45, 2.75) is 39.5 Å². The van der Waals surface area contributed by atoms with E-state index >= 15 is 0 Å². The number of nitrogens with zero attached hydrogens (tertiary/aromatic N) is 1. The van der Waals surface area contributed by atoms with Crippen LogP contribution in [0.3, 0.4) is 0 Å². The maximum atomic E-state index is 11.3. The summed E-state index contributed by atoms with van der Waals surface area (Å²) in [5, 5.41) is 0. The van der Waals surface area contributed by atoms with E-state index in [1.807, 2.05) is 13.8 Å². The van der Waals surface area contributed by atoms with Gasteiger partial charge in [0.1, 0.15) is 0 Å². The number of nitrogens with one attached hydrogen (secondary N) is 1. The van der Waals surface area contributed by atoms with Gasteiger partial charge in [-0.1, -0.05) is 20.3 Å². The molecule has 1 fully saturated rings. The Labute approximate surface area is 98.3 Å². The number of hydroxylamine groups is 1. The first-order chi connectivity index (χ1) is 7.68. The number of rotatable bonds is 6. The second-order valence-electron chi connectivity index (χ2n) is 4.87. The fraction of sp³-hybridized carbons (Fsp3) is 0.917. The van der Waals surface area contributed by atoms with Gasteiger partial charge >= 0.3 is 0 Å². The summed E-state index contributed by atoms with van der Waals surface area (Å²) in [5.74, 6) is 0.360. The average molecular weight is 228 g/mol. The molecule has 4 heteroatoms. The molecule has 1 rings (SSSR count). The average Bonchev–Trinajstić information content (AvgIpc) is 2.25. The molecule has 0 aromatic carbocycles. The van der Waals surface area contributed by atoms with Gasteiger partial charge in [-0.3, -0.25) is 9.63 Å². The molecule has 1 aliphatic heterocycles. The van der Waals surface area contributed by atoms with E-state index in [0.717, 1.165) is 6.54 Å². The molecule has 0 atom stereocenters. The van der Waals surface area contributed by atoms with E-state index in [2.05, 4.69) is 10.4 Å². The normalized spacial score (nSPS) is 17.7. The van der Waals surface area contributed by atoms with E-state index in [0.29, 0.717) is 18.9 Å². The van der Waals surface area contributed by atoms with Crippen LogP contribution in [0.2, 0.25) is 0 Å². The fourth-order valence-corrected chi connectivity index (χ4v) is 1.90. The minimum absolute atomic E-state index is 0.0198. The van der Waals surface area contributed by atoms with Crippen molar-refractivity contribution in [3.05, 3.63) is 0 Å². The molecule has 1 heterocycles. The SMILES string of the molecule is CC(C)CC(=O)NOCCN1CCCCC1. The Hall–Kier alpha value is -0.610. The Morgan fingerprint density at radius 2 is 2.00 bits per heavy atom. The van der Waals surface area contributed by atoms with Gasteiger partial charge in [0.2, 0.25) is 5.91 Å². The van der Waals surface area contributed by atoms with E-state index in [4.69, 9.17) is 4.84 Å². The molecule has 0 spiro atoms. The molecule has 1 N–H and O–H groups in total. The van der Waals surface area contributed by atoms with Gasteiger partial charge in [-0.15, -0.1) is 0 Å². The van der Waals surface area contributed by atoms with Crippen molar-refractivity contribution in [2.75, 3.05) is 26.2 Å². The summed E-state index contributed by atoms with van der Waals surface area (Å²) < 4.78 is 0. The van der Waals surface area contributed by atoms with Crippen LogP contribution in [-0.4, -0.2) is 37.0 Å². The van der Waals surface area contributed by atoms with Gasteiger partial charge in [0, 0.05) is 13.0 Å². The molecule has 0 aromatic heterocycles. The summed E-state index contributed by atoms with van der Waals surface area (Å²) in [4.78, 5) is 18.8. The van der Waals surface area contributed by atoms with Crippen LogP contribution in [-0.2, 0) is 9.63 Å². The highest BCUT2D eigenvalue weighted by molar-refractivity contribution is 5.74. The molecule has 16 heavy (non-hydrogen) atoms. The number of hydrogen-bond donors (Lipinski definition) is 1. The van der Waals surface area contributed by atoms with Crippen LogP contribution in [0.1, 0.15) is 39.5 Å². The van der Waals surface area contributed by atoms with E-state index in [9.17, 15) is 4.79 Å². The Bertz CT molecular complexity index is 201. The second-order valence-corrected chi connectivity index (χ2v) is 4.87. The van der Waals surface area contributed by atoms with E-state index in [1.165, 1.54) is 32.4 Å². The molecule has 4 nitrogen and oxygen atoms in total. The number of piperidine rings is 1. The van der Waals surface area contributed by atoms with Crippen molar-refractivity contribution in [3.63, 3.8) is 0 Å². The first-order valence-electron chi connectivity index (χ1n) is 6.31. The largest absolute Gasteiger partial charge is 0.301 e. The highest BCUT2D eigenvalue weighted by Crippen LogP contribution is 2.07. The Morgan fingerprint density at radius 3 is 2.62 bits per heavy atom. The predicted octanol–water partition coefficient (Wildman–Crippen LogP) is 1.57. The summed E-state index contributed by atoms with van der Waals surface area (Å²) in [6.07, 6.45) is 4.46. The van der Waals surface area contributed by atoms with Crippen LogP contribution >= 0.6 is 0 Å². The maximum absolute atomic E-state index is 11.3. The predicted molar refractivity (Wildman–Crippen MR) is 63.8 cm³/mol. The molecule has 0 aromatic rings. The van der Waals surface area contributed by atoms with Crippen LogP contribution in [0, 0.1) is 5.92 Å². The van der Waals surface area contributed by atoms with Crippen molar-refractivity contribution >= 4 is 5.91 Å². The van der Waals surface area contributed by atoms with Gasteiger partial charge < -0.3 is 4.90 Å². The molecule has 0 bridgehead atoms. The lowest BCUT2D eigenvalue weighted by atomic mass is 10.1. The Morgan fingerprint density at radius 1 is 1.31 bits per heavy atom. The third kappa shape index (κ3) is 6.08. The van der Waals surface area contributed by atoms with Crippen LogP contribution in [0.25, 0.3) is 0 Å². The topological polar surface area (TPSA) is 41.6 Å². The van der Waals surface area contributed by atoms with E-state index < -0.39 is 0 Å². The van der Waals surface area contributed by atoms with Gasteiger partial charge in [0.05, 0.1) is 6.61 Å². The standard InChI is InChI=1S/C12H24N2O2/c1-11(2)10-12(15)13-16-9-8-14-6-4-3-5-7-14/h11H,3-10H2,1-2H3,(H,13,15). The second kappa shape index (κ2) is 7.63. The first kappa shape index (κ1) is 13.5. The van der Waals surface area contributed by atoms with Crippen LogP contribution in [0.5, 0.6) is 0 Å². The van der Waals surface area contributed by atoms with Gasteiger partial charge in [0.25, 0.3) is 0 Å². The number of hydrogen-bond acceptors (Lipinski definition) is 3. The number of amides is 1. The molecular formula is C12H24N2O2.